The van der Waals surface area contributed by atoms with Crippen LogP contribution in [0.15, 0.2) is 67.0 Å². The van der Waals surface area contributed by atoms with Gasteiger partial charge in [-0.25, -0.2) is 4.79 Å². The van der Waals surface area contributed by atoms with Crippen molar-refractivity contribution in [3.8, 4) is 5.75 Å². The molecule has 2 aromatic carbocycles. The highest BCUT2D eigenvalue weighted by Gasteiger charge is 2.33. The summed E-state index contributed by atoms with van der Waals surface area (Å²) in [6.45, 7) is 5.11. The summed E-state index contributed by atoms with van der Waals surface area (Å²) in [5.74, 6) is -1.24. The van der Waals surface area contributed by atoms with E-state index in [1.165, 1.54) is 12.4 Å². The highest BCUT2D eigenvalue weighted by molar-refractivity contribution is 6.05. The number of anilines is 1. The number of benzene rings is 2. The lowest BCUT2D eigenvalue weighted by Crippen LogP contribution is -2.49. The van der Waals surface area contributed by atoms with Crippen LogP contribution in [0.25, 0.3) is 0 Å². The number of carbonyl (C=O) groups excluding carboxylic acids is 2. The van der Waals surface area contributed by atoms with E-state index in [1.54, 1.807) is 66.4 Å². The molecule has 2 amide bonds. The summed E-state index contributed by atoms with van der Waals surface area (Å²) in [5, 5.41) is 21.9. The van der Waals surface area contributed by atoms with Gasteiger partial charge in [-0.3, -0.25) is 19.5 Å². The van der Waals surface area contributed by atoms with Crippen molar-refractivity contribution in [2.75, 3.05) is 32.1 Å². The van der Waals surface area contributed by atoms with Crippen LogP contribution in [0.4, 0.5) is 5.69 Å². The van der Waals surface area contributed by atoms with Crippen LogP contribution < -0.4 is 10.1 Å². The van der Waals surface area contributed by atoms with Crippen LogP contribution in [-0.2, 0) is 6.54 Å². The second-order valence-electron chi connectivity index (χ2n) is 10.2. The van der Waals surface area contributed by atoms with Crippen LogP contribution in [0.5, 0.6) is 5.75 Å². The standard InChI is InChI=1S/C30H34N4O6/c1-19-15-34(20(2)18-35)29(37)25-14-24(32-28(36)22-10-12-31-13-11-22)8-9-26(25)40-27(19)17-33(3)16-21-4-6-23(7-5-21)30(38)39/h4-14,19-20,27,35H,15-18H2,1-3H3,(H,32,36)(H,38,39)/t19-,20-,27-/m0/s1. The topological polar surface area (TPSA) is 132 Å². The molecule has 0 unspecified atom stereocenters. The van der Waals surface area contributed by atoms with E-state index in [-0.39, 0.29) is 36.0 Å². The Bertz CT molecular complexity index is 1350. The zero-order chi connectivity index (χ0) is 28.8. The molecular weight excluding hydrogens is 512 g/mol. The number of ether oxygens (including phenoxy) is 1. The van der Waals surface area contributed by atoms with Crippen molar-refractivity contribution in [3.05, 3.63) is 89.2 Å². The number of nitrogens with one attached hydrogen (secondary N) is 1. The van der Waals surface area contributed by atoms with Crippen LogP contribution in [-0.4, -0.2) is 81.7 Å². The number of fused-ring (bicyclic) bond motifs is 1. The van der Waals surface area contributed by atoms with Gasteiger partial charge in [0.25, 0.3) is 11.8 Å². The molecule has 3 N–H and O–H groups in total. The van der Waals surface area contributed by atoms with Gasteiger partial charge in [0.2, 0.25) is 0 Å². The second-order valence-corrected chi connectivity index (χ2v) is 10.2. The molecule has 0 fully saturated rings. The largest absolute Gasteiger partial charge is 0.488 e. The fourth-order valence-electron chi connectivity index (χ4n) is 4.66. The summed E-state index contributed by atoms with van der Waals surface area (Å²) in [7, 11) is 1.96. The van der Waals surface area contributed by atoms with Crippen molar-refractivity contribution in [2.45, 2.75) is 32.5 Å². The normalized spacial score (nSPS) is 17.8. The minimum Gasteiger partial charge on any atom is -0.488 e. The summed E-state index contributed by atoms with van der Waals surface area (Å²) in [5.41, 5.74) is 2.39. The van der Waals surface area contributed by atoms with Gasteiger partial charge in [0.1, 0.15) is 11.9 Å². The van der Waals surface area contributed by atoms with Gasteiger partial charge in [0.15, 0.2) is 0 Å². The third-order valence-corrected chi connectivity index (χ3v) is 7.01. The molecule has 3 atom stereocenters. The molecule has 0 radical (unpaired) electrons. The molecule has 10 nitrogen and oxygen atoms in total. The number of carboxylic acids is 1. The SMILES string of the molecule is C[C@H]1CN([C@@H](C)CO)C(=O)c2cc(NC(=O)c3ccncc3)ccc2O[C@H]1CN(C)Cc1ccc(C(=O)O)cc1. The first-order valence-corrected chi connectivity index (χ1v) is 13.1. The molecule has 1 aliphatic rings. The van der Waals surface area contributed by atoms with Crippen molar-refractivity contribution < 1.29 is 29.3 Å². The Morgan fingerprint density at radius 1 is 1.12 bits per heavy atom. The number of hydrogen-bond acceptors (Lipinski definition) is 7. The number of aromatic nitrogens is 1. The Hall–Kier alpha value is -4.28. The van der Waals surface area contributed by atoms with Gasteiger partial charge < -0.3 is 25.2 Å². The molecule has 0 aliphatic carbocycles. The van der Waals surface area contributed by atoms with Crippen LogP contribution >= 0.6 is 0 Å². The quantitative estimate of drug-likeness (QED) is 0.372. The lowest BCUT2D eigenvalue weighted by Gasteiger charge is -2.38. The Labute approximate surface area is 233 Å². The maximum Gasteiger partial charge on any atom is 0.335 e. The number of amides is 2. The maximum absolute atomic E-state index is 13.7. The fourth-order valence-corrected chi connectivity index (χ4v) is 4.66. The van der Waals surface area contributed by atoms with E-state index in [0.717, 1.165) is 5.56 Å². The van der Waals surface area contributed by atoms with E-state index in [0.29, 0.717) is 42.2 Å². The van der Waals surface area contributed by atoms with E-state index < -0.39 is 12.0 Å². The molecule has 210 valence electrons. The number of aromatic carboxylic acids is 1. The zero-order valence-electron chi connectivity index (χ0n) is 22.8. The highest BCUT2D eigenvalue weighted by Crippen LogP contribution is 2.31. The van der Waals surface area contributed by atoms with Crippen LogP contribution in [0.3, 0.4) is 0 Å². The van der Waals surface area contributed by atoms with E-state index >= 15 is 0 Å². The van der Waals surface area contributed by atoms with Gasteiger partial charge >= 0.3 is 5.97 Å². The van der Waals surface area contributed by atoms with E-state index in [9.17, 15) is 19.5 Å². The summed E-state index contributed by atoms with van der Waals surface area (Å²) in [6.07, 6.45) is 2.77. The van der Waals surface area contributed by atoms with Crippen molar-refractivity contribution in [2.24, 2.45) is 5.92 Å². The van der Waals surface area contributed by atoms with E-state index in [1.807, 2.05) is 14.0 Å². The van der Waals surface area contributed by atoms with Gasteiger partial charge in [-0.05, 0) is 62.0 Å². The first kappa shape index (κ1) is 28.7. The summed E-state index contributed by atoms with van der Waals surface area (Å²) < 4.78 is 6.43. The van der Waals surface area contributed by atoms with Crippen molar-refractivity contribution in [1.82, 2.24) is 14.8 Å². The molecule has 40 heavy (non-hydrogen) atoms. The Morgan fingerprint density at radius 2 is 1.82 bits per heavy atom. The number of aliphatic hydroxyl groups is 1. The number of likely N-dealkylation sites (N-methyl/N-ethyl adjacent to an activating group) is 1. The molecule has 0 bridgehead atoms. The van der Waals surface area contributed by atoms with Crippen LogP contribution in [0.1, 0.15) is 50.5 Å². The number of rotatable bonds is 9. The number of aliphatic hydroxyl groups excluding tert-OH is 1. The van der Waals surface area contributed by atoms with Crippen LogP contribution in [0.2, 0.25) is 0 Å². The van der Waals surface area contributed by atoms with E-state index in [2.05, 4.69) is 15.2 Å². The second kappa shape index (κ2) is 12.7. The van der Waals surface area contributed by atoms with Crippen LogP contribution in [0, 0.1) is 5.92 Å². The van der Waals surface area contributed by atoms with Crippen molar-refractivity contribution in [3.63, 3.8) is 0 Å². The van der Waals surface area contributed by atoms with E-state index in [4.69, 9.17) is 9.84 Å². The number of nitrogens with zero attached hydrogens (tertiary/aromatic N) is 3. The predicted molar refractivity (Wildman–Crippen MR) is 150 cm³/mol. The van der Waals surface area contributed by atoms with Gasteiger partial charge in [-0.15, -0.1) is 0 Å². The summed E-state index contributed by atoms with van der Waals surface area (Å²) >= 11 is 0. The molecule has 10 heteroatoms. The fraction of sp³-hybridized carbons (Fsp3) is 0.333. The smallest absolute Gasteiger partial charge is 0.335 e. The first-order chi connectivity index (χ1) is 19.2. The highest BCUT2D eigenvalue weighted by atomic mass is 16.5. The minimum absolute atomic E-state index is 0.0611. The average Bonchev–Trinajstić information content (AvgIpc) is 2.95. The number of hydrogen-bond donors (Lipinski definition) is 3. The molecule has 2 heterocycles. The molecule has 0 spiro atoms. The zero-order valence-corrected chi connectivity index (χ0v) is 22.8. The monoisotopic (exact) mass is 546 g/mol. The maximum atomic E-state index is 13.7. The van der Waals surface area contributed by atoms with Gasteiger partial charge in [0, 0.05) is 49.2 Å². The third kappa shape index (κ3) is 6.83. The third-order valence-electron chi connectivity index (χ3n) is 7.01. The molecular formula is C30H34N4O6. The molecule has 1 aliphatic heterocycles. The Morgan fingerprint density at radius 3 is 2.48 bits per heavy atom. The molecule has 1 aromatic heterocycles. The van der Waals surface area contributed by atoms with Gasteiger partial charge in [-0.2, -0.15) is 0 Å². The summed E-state index contributed by atoms with van der Waals surface area (Å²) in [4.78, 5) is 45.2. The molecule has 4 rings (SSSR count). The average molecular weight is 547 g/mol. The first-order valence-electron chi connectivity index (χ1n) is 13.1. The number of carbonyl (C=O) groups is 3. The lowest BCUT2D eigenvalue weighted by atomic mass is 9.99. The minimum atomic E-state index is -0.966. The lowest BCUT2D eigenvalue weighted by molar-refractivity contribution is 0.0341. The Kier molecular flexibility index (Phi) is 9.13. The number of pyridine rings is 1. The Balaban J connectivity index is 1.57. The number of carboxylic acid groups (broad SMARTS) is 1. The molecule has 0 saturated carbocycles. The predicted octanol–water partition coefficient (Wildman–Crippen LogP) is 3.38. The molecule has 0 saturated heterocycles. The van der Waals surface area contributed by atoms with Gasteiger partial charge in [0.05, 0.1) is 23.8 Å². The summed E-state index contributed by atoms with van der Waals surface area (Å²) in [6, 6.07) is 14.5. The van der Waals surface area contributed by atoms with Crippen molar-refractivity contribution >= 4 is 23.5 Å². The van der Waals surface area contributed by atoms with Crippen molar-refractivity contribution in [1.29, 1.82) is 0 Å². The van der Waals surface area contributed by atoms with Gasteiger partial charge in [-0.1, -0.05) is 19.1 Å². The molecule has 3 aromatic rings.